The quantitative estimate of drug-likeness (QED) is 0.145. The standard InChI is InChI=1S/C25H50O4/c1-3-5-7-8-9-10-11-12-13-14-15-16-17-18-19-21-28-23-24(22-26)29-25(27)20-6-4-2/h24,26H,3-23H2,1-2H3. The Morgan fingerprint density at radius 1 is 0.690 bits per heavy atom. The summed E-state index contributed by atoms with van der Waals surface area (Å²) in [7, 11) is 0. The van der Waals surface area contributed by atoms with Gasteiger partial charge in [-0.05, 0) is 12.8 Å². The summed E-state index contributed by atoms with van der Waals surface area (Å²) in [5.74, 6) is -0.235. The second-order valence-corrected chi connectivity index (χ2v) is 8.42. The average molecular weight is 415 g/mol. The summed E-state index contributed by atoms with van der Waals surface area (Å²) in [4.78, 5) is 11.6. The maximum absolute atomic E-state index is 11.6. The summed E-state index contributed by atoms with van der Waals surface area (Å²) in [6.45, 7) is 5.13. The van der Waals surface area contributed by atoms with Crippen molar-refractivity contribution >= 4 is 5.97 Å². The molecule has 4 nitrogen and oxygen atoms in total. The molecule has 0 aromatic carbocycles. The number of carbonyl (C=O) groups is 1. The number of hydrogen-bond donors (Lipinski definition) is 1. The Kier molecular flexibility index (Phi) is 23.2. The zero-order chi connectivity index (χ0) is 21.4. The van der Waals surface area contributed by atoms with E-state index in [4.69, 9.17) is 9.47 Å². The van der Waals surface area contributed by atoms with E-state index >= 15 is 0 Å². The number of aliphatic hydroxyl groups is 1. The molecule has 0 heterocycles. The molecular formula is C25H50O4. The van der Waals surface area contributed by atoms with E-state index in [9.17, 15) is 9.90 Å². The number of rotatable bonds is 23. The third kappa shape index (κ3) is 21.9. The van der Waals surface area contributed by atoms with Crippen LogP contribution in [0.5, 0.6) is 0 Å². The van der Waals surface area contributed by atoms with E-state index in [1.54, 1.807) is 0 Å². The predicted octanol–water partition coefficient (Wildman–Crippen LogP) is 6.97. The Balaban J connectivity index is 3.27. The molecule has 0 aliphatic carbocycles. The second-order valence-electron chi connectivity index (χ2n) is 8.42. The zero-order valence-electron chi connectivity index (χ0n) is 19.6. The van der Waals surface area contributed by atoms with Gasteiger partial charge in [0.1, 0.15) is 6.10 Å². The van der Waals surface area contributed by atoms with Gasteiger partial charge in [-0.2, -0.15) is 0 Å². The van der Waals surface area contributed by atoms with Crippen molar-refractivity contribution in [1.82, 2.24) is 0 Å². The van der Waals surface area contributed by atoms with Gasteiger partial charge in [-0.1, -0.05) is 110 Å². The van der Waals surface area contributed by atoms with Crippen molar-refractivity contribution in [2.24, 2.45) is 0 Å². The van der Waals surface area contributed by atoms with Gasteiger partial charge in [0.25, 0.3) is 0 Å². The highest BCUT2D eigenvalue weighted by molar-refractivity contribution is 5.69. The van der Waals surface area contributed by atoms with E-state index < -0.39 is 6.10 Å². The first-order valence-corrected chi connectivity index (χ1v) is 12.6. The molecular weight excluding hydrogens is 364 g/mol. The van der Waals surface area contributed by atoms with E-state index in [0.717, 1.165) is 19.3 Å². The van der Waals surface area contributed by atoms with Gasteiger partial charge in [-0.3, -0.25) is 4.79 Å². The molecule has 0 spiro atoms. The van der Waals surface area contributed by atoms with Gasteiger partial charge in [0.2, 0.25) is 0 Å². The van der Waals surface area contributed by atoms with Crippen LogP contribution >= 0.6 is 0 Å². The Hall–Kier alpha value is -0.610. The summed E-state index contributed by atoms with van der Waals surface area (Å²) in [5, 5.41) is 9.28. The molecule has 1 unspecified atom stereocenters. The maximum Gasteiger partial charge on any atom is 0.306 e. The molecule has 29 heavy (non-hydrogen) atoms. The average Bonchev–Trinajstić information content (AvgIpc) is 2.73. The molecule has 0 bridgehead atoms. The van der Waals surface area contributed by atoms with Crippen molar-refractivity contribution in [1.29, 1.82) is 0 Å². The first-order chi connectivity index (χ1) is 14.2. The number of hydrogen-bond acceptors (Lipinski definition) is 4. The minimum atomic E-state index is -0.518. The fraction of sp³-hybridized carbons (Fsp3) is 0.960. The van der Waals surface area contributed by atoms with Crippen LogP contribution in [0.25, 0.3) is 0 Å². The molecule has 0 aliphatic heterocycles. The molecule has 0 aromatic heterocycles. The molecule has 0 radical (unpaired) electrons. The van der Waals surface area contributed by atoms with Crippen molar-refractivity contribution < 1.29 is 19.4 Å². The van der Waals surface area contributed by atoms with Gasteiger partial charge < -0.3 is 14.6 Å². The first-order valence-electron chi connectivity index (χ1n) is 12.6. The summed E-state index contributed by atoms with van der Waals surface area (Å²) >= 11 is 0. The van der Waals surface area contributed by atoms with Crippen molar-refractivity contribution in [2.75, 3.05) is 19.8 Å². The highest BCUT2D eigenvalue weighted by Gasteiger charge is 2.13. The van der Waals surface area contributed by atoms with Crippen LogP contribution in [-0.2, 0) is 14.3 Å². The van der Waals surface area contributed by atoms with Gasteiger partial charge in [0.15, 0.2) is 0 Å². The van der Waals surface area contributed by atoms with Gasteiger partial charge in [0.05, 0.1) is 13.2 Å². The summed E-state index contributed by atoms with van der Waals surface area (Å²) in [5.41, 5.74) is 0. The van der Waals surface area contributed by atoms with E-state index in [1.165, 1.54) is 89.9 Å². The smallest absolute Gasteiger partial charge is 0.306 e. The van der Waals surface area contributed by atoms with E-state index in [2.05, 4.69) is 6.92 Å². The third-order valence-corrected chi connectivity index (χ3v) is 5.43. The molecule has 1 N–H and O–H groups in total. The van der Waals surface area contributed by atoms with Crippen LogP contribution in [0.3, 0.4) is 0 Å². The highest BCUT2D eigenvalue weighted by atomic mass is 16.6. The molecule has 4 heteroatoms. The lowest BCUT2D eigenvalue weighted by Gasteiger charge is -2.15. The number of esters is 1. The zero-order valence-corrected chi connectivity index (χ0v) is 19.6. The van der Waals surface area contributed by atoms with Gasteiger partial charge in [-0.25, -0.2) is 0 Å². The van der Waals surface area contributed by atoms with E-state index in [1.807, 2.05) is 6.92 Å². The number of carbonyl (C=O) groups excluding carboxylic acids is 1. The van der Waals surface area contributed by atoms with Crippen LogP contribution in [0.1, 0.15) is 129 Å². The molecule has 0 fully saturated rings. The van der Waals surface area contributed by atoms with E-state index in [-0.39, 0.29) is 12.6 Å². The molecule has 1 atom stereocenters. The lowest BCUT2D eigenvalue weighted by molar-refractivity contribution is -0.154. The topological polar surface area (TPSA) is 55.8 Å². The van der Waals surface area contributed by atoms with Crippen molar-refractivity contribution in [3.05, 3.63) is 0 Å². The molecule has 174 valence electrons. The normalized spacial score (nSPS) is 12.2. The fourth-order valence-corrected chi connectivity index (χ4v) is 3.48. The van der Waals surface area contributed by atoms with Crippen molar-refractivity contribution in [2.45, 2.75) is 136 Å². The Labute approximate surface area is 181 Å². The molecule has 0 saturated carbocycles. The molecule has 0 amide bonds. The minimum absolute atomic E-state index is 0.170. The van der Waals surface area contributed by atoms with Gasteiger partial charge in [0, 0.05) is 13.0 Å². The van der Waals surface area contributed by atoms with Crippen LogP contribution in [0, 0.1) is 0 Å². The van der Waals surface area contributed by atoms with Gasteiger partial charge >= 0.3 is 5.97 Å². The van der Waals surface area contributed by atoms with Crippen LogP contribution in [0.15, 0.2) is 0 Å². The summed E-state index contributed by atoms with van der Waals surface area (Å²) in [6.07, 6.45) is 22.0. The minimum Gasteiger partial charge on any atom is -0.457 e. The van der Waals surface area contributed by atoms with E-state index in [0.29, 0.717) is 19.6 Å². The summed E-state index contributed by atoms with van der Waals surface area (Å²) < 4.78 is 10.8. The maximum atomic E-state index is 11.6. The lowest BCUT2D eigenvalue weighted by Crippen LogP contribution is -2.27. The van der Waals surface area contributed by atoms with Crippen LogP contribution < -0.4 is 0 Å². The molecule has 0 saturated heterocycles. The Morgan fingerprint density at radius 3 is 1.59 bits per heavy atom. The van der Waals surface area contributed by atoms with Crippen LogP contribution in [0.4, 0.5) is 0 Å². The highest BCUT2D eigenvalue weighted by Crippen LogP contribution is 2.13. The van der Waals surface area contributed by atoms with Crippen LogP contribution in [0.2, 0.25) is 0 Å². The van der Waals surface area contributed by atoms with Crippen molar-refractivity contribution in [3.8, 4) is 0 Å². The second kappa shape index (κ2) is 23.7. The number of unbranched alkanes of at least 4 members (excludes halogenated alkanes) is 15. The third-order valence-electron chi connectivity index (χ3n) is 5.43. The van der Waals surface area contributed by atoms with Crippen LogP contribution in [-0.4, -0.2) is 37.0 Å². The largest absolute Gasteiger partial charge is 0.457 e. The number of ether oxygens (including phenoxy) is 2. The Bertz CT molecular complexity index is 333. The predicted molar refractivity (Wildman–Crippen MR) is 122 cm³/mol. The lowest BCUT2D eigenvalue weighted by atomic mass is 10.0. The van der Waals surface area contributed by atoms with Crippen molar-refractivity contribution in [3.63, 3.8) is 0 Å². The summed E-state index contributed by atoms with van der Waals surface area (Å²) in [6, 6.07) is 0. The Morgan fingerprint density at radius 2 is 1.14 bits per heavy atom. The first kappa shape index (κ1) is 28.4. The molecule has 0 aliphatic rings. The fourth-order valence-electron chi connectivity index (χ4n) is 3.48. The van der Waals surface area contributed by atoms with Gasteiger partial charge in [-0.15, -0.1) is 0 Å². The molecule has 0 rings (SSSR count). The molecule has 0 aromatic rings. The monoisotopic (exact) mass is 414 g/mol. The number of aliphatic hydroxyl groups excluding tert-OH is 1. The SMILES string of the molecule is CCCCCCCCCCCCCCCCCOCC(CO)OC(=O)CCCC.